The fraction of sp³-hybridized carbons (Fsp3) is 0.250. The minimum Gasteiger partial charge on any atom is -0.366 e. The highest BCUT2D eigenvalue weighted by atomic mass is 19.1. The second-order valence-electron chi connectivity index (χ2n) is 6.67. The Morgan fingerprint density at radius 2 is 2.11 bits per heavy atom. The number of carbonyl (C=O) groups excluding carboxylic acids is 1. The first-order valence-corrected chi connectivity index (χ1v) is 8.92. The zero-order valence-electron chi connectivity index (χ0n) is 14.7. The average molecular weight is 365 g/mol. The highest BCUT2D eigenvalue weighted by molar-refractivity contribution is 6.06. The van der Waals surface area contributed by atoms with Crippen LogP contribution in [0.15, 0.2) is 48.8 Å². The number of hydrogen-bond acceptors (Lipinski definition) is 5. The molecule has 0 aliphatic carbocycles. The van der Waals surface area contributed by atoms with Crippen LogP contribution < -0.4 is 16.4 Å². The topological polar surface area (TPSA) is 92.9 Å². The van der Waals surface area contributed by atoms with Crippen LogP contribution in [-0.4, -0.2) is 28.5 Å². The molecule has 2 heterocycles. The zero-order chi connectivity index (χ0) is 18.8. The van der Waals surface area contributed by atoms with Gasteiger partial charge in [-0.05, 0) is 49.2 Å². The SMILES string of the molecule is NC(=O)c1cccc2c(N[C@@H](c3cccc(F)c3)C3CCCN3)ncnc12. The van der Waals surface area contributed by atoms with E-state index in [4.69, 9.17) is 5.73 Å². The van der Waals surface area contributed by atoms with Gasteiger partial charge in [-0.15, -0.1) is 0 Å². The van der Waals surface area contributed by atoms with Gasteiger partial charge in [0.25, 0.3) is 5.91 Å². The summed E-state index contributed by atoms with van der Waals surface area (Å²) in [5, 5.41) is 7.61. The molecular weight excluding hydrogens is 345 g/mol. The van der Waals surface area contributed by atoms with E-state index in [1.165, 1.54) is 18.5 Å². The van der Waals surface area contributed by atoms with Gasteiger partial charge in [0.1, 0.15) is 18.0 Å². The summed E-state index contributed by atoms with van der Waals surface area (Å²) in [6, 6.07) is 11.8. The zero-order valence-corrected chi connectivity index (χ0v) is 14.7. The Labute approximate surface area is 156 Å². The van der Waals surface area contributed by atoms with Gasteiger partial charge in [0.05, 0.1) is 17.1 Å². The van der Waals surface area contributed by atoms with Gasteiger partial charge in [-0.1, -0.05) is 18.2 Å². The van der Waals surface area contributed by atoms with Crippen LogP contribution in [0, 0.1) is 5.82 Å². The smallest absolute Gasteiger partial charge is 0.250 e. The molecule has 6 nitrogen and oxygen atoms in total. The van der Waals surface area contributed by atoms with Crippen LogP contribution in [0.25, 0.3) is 10.9 Å². The highest BCUT2D eigenvalue weighted by Crippen LogP contribution is 2.30. The quantitative estimate of drug-likeness (QED) is 0.646. The van der Waals surface area contributed by atoms with Crippen molar-refractivity contribution >= 4 is 22.6 Å². The molecule has 7 heteroatoms. The summed E-state index contributed by atoms with van der Waals surface area (Å²) >= 11 is 0. The first kappa shape index (κ1) is 17.4. The molecule has 4 rings (SSSR count). The molecule has 1 amide bonds. The number of nitrogens with zero attached hydrogens (tertiary/aromatic N) is 2. The molecule has 0 radical (unpaired) electrons. The van der Waals surface area contributed by atoms with Crippen LogP contribution in [0.5, 0.6) is 0 Å². The molecule has 1 aliphatic rings. The number of nitrogens with one attached hydrogen (secondary N) is 2. The summed E-state index contributed by atoms with van der Waals surface area (Å²) in [6.07, 6.45) is 3.44. The number of hydrogen-bond donors (Lipinski definition) is 3. The molecular formula is C20H20FN5O. The third kappa shape index (κ3) is 3.46. The summed E-state index contributed by atoms with van der Waals surface area (Å²) in [7, 11) is 0. The third-order valence-electron chi connectivity index (χ3n) is 4.93. The summed E-state index contributed by atoms with van der Waals surface area (Å²) < 4.78 is 13.8. The first-order chi connectivity index (χ1) is 13.1. The largest absolute Gasteiger partial charge is 0.366 e. The number of fused-ring (bicyclic) bond motifs is 1. The van der Waals surface area contributed by atoms with Crippen molar-refractivity contribution in [2.24, 2.45) is 5.73 Å². The van der Waals surface area contributed by atoms with Crippen molar-refractivity contribution in [1.82, 2.24) is 15.3 Å². The average Bonchev–Trinajstić information content (AvgIpc) is 3.20. The molecule has 1 saturated heterocycles. The van der Waals surface area contributed by atoms with Gasteiger partial charge in [-0.25, -0.2) is 14.4 Å². The molecule has 2 atom stereocenters. The predicted molar refractivity (Wildman–Crippen MR) is 102 cm³/mol. The van der Waals surface area contributed by atoms with E-state index >= 15 is 0 Å². The van der Waals surface area contributed by atoms with Gasteiger partial charge < -0.3 is 16.4 Å². The van der Waals surface area contributed by atoms with Crippen molar-refractivity contribution in [3.05, 3.63) is 65.7 Å². The standard InChI is InChI=1S/C20H20FN5O/c21-13-5-1-4-12(10-13)17(16-8-3-9-23-16)26-20-15-7-2-6-14(19(22)27)18(15)24-11-25-20/h1-2,4-7,10-11,16-17,23H,3,8-9H2,(H2,22,27)(H,24,25,26)/t16?,17-/m0/s1. The second kappa shape index (κ2) is 7.28. The molecule has 0 saturated carbocycles. The maximum atomic E-state index is 13.8. The van der Waals surface area contributed by atoms with E-state index in [1.54, 1.807) is 18.2 Å². The van der Waals surface area contributed by atoms with Gasteiger partial charge in [-0.3, -0.25) is 4.79 Å². The van der Waals surface area contributed by atoms with E-state index < -0.39 is 5.91 Å². The monoisotopic (exact) mass is 365 g/mol. The highest BCUT2D eigenvalue weighted by Gasteiger charge is 2.27. The Hall–Kier alpha value is -3.06. The van der Waals surface area contributed by atoms with Gasteiger partial charge in [0.15, 0.2) is 0 Å². The van der Waals surface area contributed by atoms with Gasteiger partial charge in [0, 0.05) is 11.4 Å². The molecule has 138 valence electrons. The fourth-order valence-corrected chi connectivity index (χ4v) is 3.66. The molecule has 2 aromatic carbocycles. The lowest BCUT2D eigenvalue weighted by Crippen LogP contribution is -2.34. The van der Waals surface area contributed by atoms with Crippen LogP contribution >= 0.6 is 0 Å². The van der Waals surface area contributed by atoms with Gasteiger partial charge in [0.2, 0.25) is 0 Å². The van der Waals surface area contributed by atoms with E-state index in [1.807, 2.05) is 12.1 Å². The molecule has 4 N–H and O–H groups in total. The minimum absolute atomic E-state index is 0.149. The molecule has 27 heavy (non-hydrogen) atoms. The van der Waals surface area contributed by atoms with Crippen molar-refractivity contribution in [1.29, 1.82) is 0 Å². The summed E-state index contributed by atoms with van der Waals surface area (Å²) in [4.78, 5) is 20.3. The first-order valence-electron chi connectivity index (χ1n) is 8.92. The van der Waals surface area contributed by atoms with Crippen molar-refractivity contribution in [2.75, 3.05) is 11.9 Å². The number of nitrogens with two attached hydrogens (primary N) is 1. The Kier molecular flexibility index (Phi) is 4.68. The molecule has 1 unspecified atom stereocenters. The Morgan fingerprint density at radius 1 is 1.26 bits per heavy atom. The maximum absolute atomic E-state index is 13.8. The molecule has 3 aromatic rings. The van der Waals surface area contributed by atoms with E-state index in [0.29, 0.717) is 22.3 Å². The number of rotatable bonds is 5. The molecule has 1 fully saturated rings. The number of anilines is 1. The number of primary amides is 1. The summed E-state index contributed by atoms with van der Waals surface area (Å²) in [5.41, 5.74) is 7.15. The lowest BCUT2D eigenvalue weighted by molar-refractivity contribution is 0.100. The van der Waals surface area contributed by atoms with Crippen molar-refractivity contribution in [3.63, 3.8) is 0 Å². The fourth-order valence-electron chi connectivity index (χ4n) is 3.66. The number of aromatic nitrogens is 2. The van der Waals surface area contributed by atoms with E-state index in [2.05, 4.69) is 20.6 Å². The Morgan fingerprint density at radius 3 is 2.85 bits per heavy atom. The van der Waals surface area contributed by atoms with Crippen molar-refractivity contribution < 1.29 is 9.18 Å². The molecule has 0 bridgehead atoms. The third-order valence-corrected chi connectivity index (χ3v) is 4.93. The predicted octanol–water partition coefficient (Wildman–Crippen LogP) is 2.77. The van der Waals surface area contributed by atoms with E-state index in [9.17, 15) is 9.18 Å². The number of benzene rings is 2. The van der Waals surface area contributed by atoms with Crippen LogP contribution in [0.1, 0.15) is 34.8 Å². The number of halogens is 1. The van der Waals surface area contributed by atoms with E-state index in [-0.39, 0.29) is 17.9 Å². The van der Waals surface area contributed by atoms with Crippen LogP contribution in [0.3, 0.4) is 0 Å². The van der Waals surface area contributed by atoms with Crippen LogP contribution in [0.4, 0.5) is 10.2 Å². The normalized spacial score (nSPS) is 17.7. The maximum Gasteiger partial charge on any atom is 0.250 e. The number of amides is 1. The molecule has 0 spiro atoms. The molecule has 1 aliphatic heterocycles. The Balaban J connectivity index is 1.77. The molecule has 1 aromatic heterocycles. The van der Waals surface area contributed by atoms with Gasteiger partial charge >= 0.3 is 0 Å². The van der Waals surface area contributed by atoms with Crippen molar-refractivity contribution in [3.8, 4) is 0 Å². The van der Waals surface area contributed by atoms with Gasteiger partial charge in [-0.2, -0.15) is 0 Å². The number of para-hydroxylation sites is 1. The second-order valence-corrected chi connectivity index (χ2v) is 6.67. The number of carbonyl (C=O) groups is 1. The summed E-state index contributed by atoms with van der Waals surface area (Å²) in [5.74, 6) is -0.226. The van der Waals surface area contributed by atoms with Crippen LogP contribution in [-0.2, 0) is 0 Å². The summed E-state index contributed by atoms with van der Waals surface area (Å²) in [6.45, 7) is 0.925. The minimum atomic E-state index is -0.538. The van der Waals surface area contributed by atoms with Crippen molar-refractivity contribution in [2.45, 2.75) is 24.9 Å². The van der Waals surface area contributed by atoms with Crippen LogP contribution in [0.2, 0.25) is 0 Å². The van der Waals surface area contributed by atoms with E-state index in [0.717, 1.165) is 24.9 Å². The lowest BCUT2D eigenvalue weighted by atomic mass is 9.97. The lowest BCUT2D eigenvalue weighted by Gasteiger charge is -2.26. The Bertz CT molecular complexity index is 987.